The highest BCUT2D eigenvalue weighted by atomic mass is 15.0. The largest absolute Gasteiger partial charge is 0.309 e. The van der Waals surface area contributed by atoms with Crippen LogP contribution in [-0.2, 0) is 0 Å². The first kappa shape index (κ1) is 32.9. The number of aromatic nitrogens is 4. The molecule has 13 aromatic rings. The number of nitrogens with zero attached hydrogens (tertiary/aromatic N) is 4. The Morgan fingerprint density at radius 1 is 0.300 bits per heavy atom. The highest BCUT2D eigenvalue weighted by molar-refractivity contribution is 6.29. The zero-order valence-electron chi connectivity index (χ0n) is 32.4. The van der Waals surface area contributed by atoms with Gasteiger partial charge in [0.25, 0.3) is 0 Å². The van der Waals surface area contributed by atoms with Gasteiger partial charge in [-0.25, -0.2) is 9.97 Å². The van der Waals surface area contributed by atoms with Crippen LogP contribution in [0.4, 0.5) is 0 Å². The van der Waals surface area contributed by atoms with E-state index in [1.807, 2.05) is 0 Å². The van der Waals surface area contributed by atoms with Crippen LogP contribution >= 0.6 is 0 Å². The summed E-state index contributed by atoms with van der Waals surface area (Å²) in [5, 5.41) is 13.1. The molecule has 3 heterocycles. The molecule has 0 aliphatic rings. The molecule has 0 aliphatic heterocycles. The average molecular weight is 763 g/mol. The topological polar surface area (TPSA) is 35.6 Å². The van der Waals surface area contributed by atoms with E-state index >= 15 is 0 Å². The van der Waals surface area contributed by atoms with Crippen LogP contribution in [0.1, 0.15) is 0 Å². The van der Waals surface area contributed by atoms with Crippen LogP contribution in [0.5, 0.6) is 0 Å². The maximum Gasteiger partial charge on any atom is 0.161 e. The highest BCUT2D eigenvalue weighted by Gasteiger charge is 2.22. The molecule has 0 bridgehead atoms. The Bertz CT molecular complexity index is 3880. The standard InChI is InChI=1S/C56H34N4/c1-3-17-35(18-4-1)55-44-27-11-14-28-49(44)57-56(58-55)48-32-37(31-47-40-23-8-7-21-38(40)39-22-9-10-26-43(39)54(47)48)60-51-30-16-13-25-42(51)46-33-45-41-24-12-15-29-50(41)59(52(45)34-53(46)60)36-19-5-2-6-20-36/h1-34H. The molecule has 0 unspecified atom stereocenters. The minimum atomic E-state index is 0.701. The molecule has 0 radical (unpaired) electrons. The Hall–Kier alpha value is -8.08. The Morgan fingerprint density at radius 3 is 1.47 bits per heavy atom. The van der Waals surface area contributed by atoms with Crippen molar-refractivity contribution in [3.63, 3.8) is 0 Å². The van der Waals surface area contributed by atoms with Crippen LogP contribution < -0.4 is 0 Å². The summed E-state index contributed by atoms with van der Waals surface area (Å²) in [5.74, 6) is 0.701. The summed E-state index contributed by atoms with van der Waals surface area (Å²) in [6, 6.07) is 74.4. The second-order valence-electron chi connectivity index (χ2n) is 15.7. The van der Waals surface area contributed by atoms with Gasteiger partial charge in [0.15, 0.2) is 5.82 Å². The highest BCUT2D eigenvalue weighted by Crippen LogP contribution is 2.45. The van der Waals surface area contributed by atoms with Gasteiger partial charge >= 0.3 is 0 Å². The normalized spacial score (nSPS) is 12.0. The van der Waals surface area contributed by atoms with Gasteiger partial charge in [0.1, 0.15) is 0 Å². The van der Waals surface area contributed by atoms with E-state index in [4.69, 9.17) is 9.97 Å². The monoisotopic (exact) mass is 762 g/mol. The van der Waals surface area contributed by atoms with Gasteiger partial charge in [-0.1, -0.05) is 152 Å². The minimum Gasteiger partial charge on any atom is -0.309 e. The van der Waals surface area contributed by atoms with Crippen molar-refractivity contribution in [2.45, 2.75) is 0 Å². The van der Waals surface area contributed by atoms with Gasteiger partial charge in [-0.2, -0.15) is 0 Å². The summed E-state index contributed by atoms with van der Waals surface area (Å²) in [6.45, 7) is 0. The van der Waals surface area contributed by atoms with Gasteiger partial charge in [0.05, 0.1) is 33.3 Å². The lowest BCUT2D eigenvalue weighted by atomic mass is 9.90. The summed E-state index contributed by atoms with van der Waals surface area (Å²) in [5.41, 5.74) is 10.7. The van der Waals surface area contributed by atoms with E-state index in [2.05, 4.69) is 215 Å². The van der Waals surface area contributed by atoms with Crippen molar-refractivity contribution in [3.05, 3.63) is 206 Å². The fourth-order valence-electron chi connectivity index (χ4n) is 9.90. The molecule has 13 rings (SSSR count). The van der Waals surface area contributed by atoms with Gasteiger partial charge in [0, 0.05) is 54.8 Å². The van der Waals surface area contributed by atoms with Crippen molar-refractivity contribution in [2.24, 2.45) is 0 Å². The second-order valence-corrected chi connectivity index (χ2v) is 15.7. The molecule has 3 aromatic heterocycles. The first-order valence-electron chi connectivity index (χ1n) is 20.5. The molecule has 60 heavy (non-hydrogen) atoms. The van der Waals surface area contributed by atoms with E-state index in [0.717, 1.165) is 55.5 Å². The molecule has 10 aromatic carbocycles. The molecule has 0 atom stereocenters. The van der Waals surface area contributed by atoms with Crippen molar-refractivity contribution < 1.29 is 0 Å². The van der Waals surface area contributed by atoms with Crippen LogP contribution in [0.3, 0.4) is 0 Å². The van der Waals surface area contributed by atoms with Gasteiger partial charge in [-0.15, -0.1) is 0 Å². The first-order chi connectivity index (χ1) is 29.8. The number of hydrogen-bond donors (Lipinski definition) is 0. The fourth-order valence-corrected chi connectivity index (χ4v) is 9.90. The third-order valence-corrected chi connectivity index (χ3v) is 12.5. The van der Waals surface area contributed by atoms with Gasteiger partial charge in [0.2, 0.25) is 0 Å². The molecule has 0 amide bonds. The number of rotatable bonds is 4. The summed E-state index contributed by atoms with van der Waals surface area (Å²) in [6.07, 6.45) is 0. The Labute approximate surface area is 344 Å². The quantitative estimate of drug-likeness (QED) is 0.167. The third-order valence-electron chi connectivity index (χ3n) is 12.5. The smallest absolute Gasteiger partial charge is 0.161 e. The lowest BCUT2D eigenvalue weighted by Crippen LogP contribution is -2.00. The molecule has 4 heteroatoms. The molecule has 0 saturated carbocycles. The molecule has 0 spiro atoms. The number of fused-ring (bicyclic) bond motifs is 13. The lowest BCUT2D eigenvalue weighted by Gasteiger charge is -2.18. The summed E-state index contributed by atoms with van der Waals surface area (Å²) in [4.78, 5) is 10.9. The summed E-state index contributed by atoms with van der Waals surface area (Å²) in [7, 11) is 0. The van der Waals surface area contributed by atoms with Crippen LogP contribution in [0, 0.1) is 0 Å². The molecular formula is C56H34N4. The molecule has 0 fully saturated rings. The van der Waals surface area contributed by atoms with Crippen molar-refractivity contribution in [3.8, 4) is 34.0 Å². The Morgan fingerprint density at radius 2 is 0.800 bits per heavy atom. The van der Waals surface area contributed by atoms with Gasteiger partial charge < -0.3 is 9.13 Å². The van der Waals surface area contributed by atoms with E-state index in [1.54, 1.807) is 0 Å². The van der Waals surface area contributed by atoms with Crippen LogP contribution in [0.2, 0.25) is 0 Å². The van der Waals surface area contributed by atoms with E-state index in [-0.39, 0.29) is 0 Å². The minimum absolute atomic E-state index is 0.701. The zero-order chi connectivity index (χ0) is 39.3. The van der Waals surface area contributed by atoms with Crippen molar-refractivity contribution in [2.75, 3.05) is 0 Å². The van der Waals surface area contributed by atoms with E-state index in [9.17, 15) is 0 Å². The molecule has 0 aliphatic carbocycles. The van der Waals surface area contributed by atoms with Gasteiger partial charge in [-0.05, 0) is 81.5 Å². The maximum absolute atomic E-state index is 5.51. The molecule has 0 saturated heterocycles. The van der Waals surface area contributed by atoms with Crippen molar-refractivity contribution in [1.29, 1.82) is 0 Å². The zero-order valence-corrected chi connectivity index (χ0v) is 32.4. The number of benzene rings is 10. The Balaban J connectivity index is 1.20. The molecule has 278 valence electrons. The van der Waals surface area contributed by atoms with Crippen molar-refractivity contribution in [1.82, 2.24) is 19.1 Å². The lowest BCUT2D eigenvalue weighted by molar-refractivity contribution is 1.16. The molecular weight excluding hydrogens is 729 g/mol. The second kappa shape index (κ2) is 12.7. The van der Waals surface area contributed by atoms with E-state index in [1.165, 1.54) is 59.5 Å². The summed E-state index contributed by atoms with van der Waals surface area (Å²) < 4.78 is 4.87. The number of para-hydroxylation sites is 4. The maximum atomic E-state index is 5.51. The number of hydrogen-bond acceptors (Lipinski definition) is 2. The average Bonchev–Trinajstić information content (AvgIpc) is 3.82. The molecule has 0 N–H and O–H groups in total. The van der Waals surface area contributed by atoms with E-state index < -0.39 is 0 Å². The van der Waals surface area contributed by atoms with Crippen LogP contribution in [0.25, 0.3) is 121 Å². The SMILES string of the molecule is c1ccc(-c2nc(-c3cc(-n4c5ccccc5c5cc6c7ccccc7n(-c7ccccc7)c6cc54)cc4c5ccccc5c5ccccc5c34)nc3ccccc23)cc1. The first-order valence-corrected chi connectivity index (χ1v) is 20.5. The van der Waals surface area contributed by atoms with Gasteiger partial charge in [-0.3, -0.25) is 0 Å². The predicted molar refractivity (Wildman–Crippen MR) is 252 cm³/mol. The van der Waals surface area contributed by atoms with Crippen LogP contribution in [0.15, 0.2) is 206 Å². The summed E-state index contributed by atoms with van der Waals surface area (Å²) >= 11 is 0. The van der Waals surface area contributed by atoms with E-state index in [0.29, 0.717) is 5.82 Å². The Kier molecular flexibility index (Phi) is 6.98. The predicted octanol–water partition coefficient (Wildman–Crippen LogP) is 14.6. The third kappa shape index (κ3) is 4.73. The molecule has 4 nitrogen and oxygen atoms in total. The van der Waals surface area contributed by atoms with Crippen LogP contribution in [-0.4, -0.2) is 19.1 Å². The van der Waals surface area contributed by atoms with Crippen molar-refractivity contribution >= 4 is 86.8 Å². The fraction of sp³-hybridized carbons (Fsp3) is 0.